The maximum absolute atomic E-state index is 12.5. The number of thiophene rings is 2. The smallest absolute Gasteiger partial charge is 0.277 e. The molecule has 7 aromatic heterocycles. The first-order valence-electron chi connectivity index (χ1n) is 38.4. The first kappa shape index (κ1) is 86.2. The maximum atomic E-state index is 12.5. The number of halogens is 1. The van der Waals surface area contributed by atoms with E-state index in [0.717, 1.165) is 115 Å². The van der Waals surface area contributed by atoms with Crippen molar-refractivity contribution in [2.75, 3.05) is 83.9 Å². The summed E-state index contributed by atoms with van der Waals surface area (Å²) in [5.74, 6) is 3.37. The molecule has 117 heavy (non-hydrogen) atoms. The molecule has 0 bridgehead atoms. The molecule has 4 amide bonds. The lowest BCUT2D eigenvalue weighted by Gasteiger charge is -2.38. The topological polar surface area (TPSA) is 325 Å². The van der Waals surface area contributed by atoms with Gasteiger partial charge in [-0.25, -0.2) is 13.1 Å². The van der Waals surface area contributed by atoms with E-state index in [4.69, 9.17) is 39.6 Å². The number of rotatable bonds is 21. The molecule has 1 aliphatic carbocycles. The molecule has 3 N–H and O–H groups in total. The third-order valence-electron chi connectivity index (χ3n) is 20.1. The minimum absolute atomic E-state index is 0.0215. The van der Waals surface area contributed by atoms with Crippen molar-refractivity contribution in [3.63, 3.8) is 0 Å². The number of nitrogens with one attached hydrogen (secondary N) is 3. The van der Waals surface area contributed by atoms with Gasteiger partial charge in [0.25, 0.3) is 33.3 Å². The summed E-state index contributed by atoms with van der Waals surface area (Å²) < 4.78 is 62.0. The molecule has 5 fully saturated rings. The van der Waals surface area contributed by atoms with Gasteiger partial charge in [0.1, 0.15) is 33.1 Å². The van der Waals surface area contributed by atoms with E-state index in [1.54, 1.807) is 93.5 Å². The zero-order valence-electron chi connectivity index (χ0n) is 65.5. The molecule has 0 radical (unpaired) electrons. The van der Waals surface area contributed by atoms with E-state index in [1.165, 1.54) is 47.7 Å². The molecular formula is C84H93ClN14O13S5. The number of hydrogen-bond donors (Lipinski definition) is 3. The number of methoxy groups -OCH3 is 1. The van der Waals surface area contributed by atoms with Crippen molar-refractivity contribution < 1.29 is 55.6 Å². The Morgan fingerprint density at radius 3 is 2.11 bits per heavy atom. The predicted octanol–water partition coefficient (Wildman–Crippen LogP) is 14.1. The van der Waals surface area contributed by atoms with Crippen LogP contribution in [0.25, 0.3) is 17.3 Å². The Morgan fingerprint density at radius 1 is 0.709 bits per heavy atom. The van der Waals surface area contributed by atoms with Gasteiger partial charge in [-0.2, -0.15) is 26.3 Å². The Hall–Kier alpha value is -10.2. The first-order chi connectivity index (χ1) is 56.7. The quantitative estimate of drug-likeness (QED) is 0.0563. The zero-order valence-corrected chi connectivity index (χ0v) is 70.3. The summed E-state index contributed by atoms with van der Waals surface area (Å²) >= 11 is 12.9. The molecule has 4 aliphatic heterocycles. The molecule has 11 aromatic rings. The van der Waals surface area contributed by atoms with E-state index >= 15 is 0 Å². The largest absolute Gasteiger partial charge is 0.496 e. The monoisotopic (exact) mass is 1700 g/mol. The molecule has 33 heteroatoms. The highest BCUT2D eigenvalue weighted by Gasteiger charge is 2.39. The summed E-state index contributed by atoms with van der Waals surface area (Å²) in [4.78, 5) is 65.3. The number of nitrogens with zero attached hydrogens (tertiary/aromatic N) is 11. The number of carbonyl (C=O) groups excluding carboxylic acids is 4. The molecule has 16 rings (SSSR count). The van der Waals surface area contributed by atoms with Gasteiger partial charge in [0.05, 0.1) is 36.6 Å². The molecular weight excluding hydrogens is 1610 g/mol. The summed E-state index contributed by atoms with van der Waals surface area (Å²) in [6.45, 7) is 9.98. The standard InChI is InChI=1S/C18H18ClNOS2.C18H16N4O3.C17H22N4O3.C17H20N2O3S.C14H17N3O3S2/c19-16-6-2-1-5-15(16)17-9-10-20(11-13-23-17)18(21)8-7-14-4-3-12-22-14;1-22-17(23)9-8-14(20-22)12-4-2-3-5-13(12)19-18(24)15-10-16(25-21-15)11-6-7-11;1-21-11-14(19-20-21)16(22)18-12-17(7-9-24-10-8-17)13-5-3-4-6-15(13)23-2;1-13-15(11-19-22-13)16(20)18-12-17(7-9-21-10-8-17)23-14-5-3-2-4-6-14;1-11-4-5-13(16-15-11)20-12-6-8-17(9-7-12)22(18,19)14-3-2-10-21-14/h1-8,12,17H,9-11,13H2;2-5,8-11H,6-7H2,1H3,(H,19,24);3-6,11H,7-10,12H2,1-2H3,(H,18,22);2-6,11H,7-10,12H2,1H3,(H,18,20);2-5,10,12H,6-9H2,1H3/b8-7+;;;;. The van der Waals surface area contributed by atoms with Crippen molar-refractivity contribution in [2.24, 2.45) is 14.1 Å². The summed E-state index contributed by atoms with van der Waals surface area (Å²) in [6.07, 6.45) is 14.5. The van der Waals surface area contributed by atoms with Crippen molar-refractivity contribution in [3.8, 4) is 22.9 Å². The van der Waals surface area contributed by atoms with Crippen LogP contribution in [0.1, 0.15) is 134 Å². The van der Waals surface area contributed by atoms with E-state index in [9.17, 15) is 32.4 Å². The van der Waals surface area contributed by atoms with E-state index in [2.05, 4.69) is 76.1 Å². The molecule has 0 spiro atoms. The first-order valence-corrected chi connectivity index (χ1v) is 43.8. The van der Waals surface area contributed by atoms with Gasteiger partial charge in [0.15, 0.2) is 11.4 Å². The number of anilines is 1. The molecule has 27 nitrogen and oxygen atoms in total. The summed E-state index contributed by atoms with van der Waals surface area (Å²) in [5, 5.41) is 41.2. The molecule has 1 saturated carbocycles. The fourth-order valence-electron chi connectivity index (χ4n) is 13.4. The Bertz CT molecular complexity index is 5260. The van der Waals surface area contributed by atoms with Crippen LogP contribution in [0, 0.1) is 13.8 Å². The molecule has 614 valence electrons. The predicted molar refractivity (Wildman–Crippen MR) is 453 cm³/mol. The van der Waals surface area contributed by atoms with Crippen molar-refractivity contribution in [1.29, 1.82) is 0 Å². The van der Waals surface area contributed by atoms with E-state index < -0.39 is 10.0 Å². The normalized spacial score (nSPS) is 16.7. The molecule has 4 aromatic carbocycles. The minimum atomic E-state index is -3.35. The van der Waals surface area contributed by atoms with Crippen LogP contribution < -0.4 is 31.0 Å². The van der Waals surface area contributed by atoms with Crippen molar-refractivity contribution in [1.82, 2.24) is 65.1 Å². The summed E-state index contributed by atoms with van der Waals surface area (Å²) in [7, 11) is 1.64. The number of thioether (sulfide) groups is 2. The van der Waals surface area contributed by atoms with Gasteiger partial charge in [0, 0.05) is 157 Å². The number of ether oxygens (including phenoxy) is 4. The summed E-state index contributed by atoms with van der Waals surface area (Å²) in [5.41, 5.74) is 5.70. The van der Waals surface area contributed by atoms with Crippen LogP contribution in [0.15, 0.2) is 210 Å². The van der Waals surface area contributed by atoms with E-state index in [-0.39, 0.29) is 51.1 Å². The van der Waals surface area contributed by atoms with Crippen LogP contribution >= 0.6 is 57.8 Å². The molecule has 4 saturated heterocycles. The Morgan fingerprint density at radius 2 is 1.43 bits per heavy atom. The second kappa shape index (κ2) is 41.8. The molecule has 5 aliphatic rings. The summed E-state index contributed by atoms with van der Waals surface area (Å²) in [6, 6.07) is 49.4. The van der Waals surface area contributed by atoms with Crippen molar-refractivity contribution in [3.05, 3.63) is 253 Å². The zero-order chi connectivity index (χ0) is 82.2. The lowest BCUT2D eigenvalue weighted by molar-refractivity contribution is -0.125. The van der Waals surface area contributed by atoms with Gasteiger partial charge < -0.3 is 48.8 Å². The number of benzene rings is 4. The van der Waals surface area contributed by atoms with Gasteiger partial charge in [-0.05, 0) is 149 Å². The van der Waals surface area contributed by atoms with Gasteiger partial charge in [0.2, 0.25) is 11.8 Å². The number of sulfonamides is 1. The highest BCUT2D eigenvalue weighted by Crippen LogP contribution is 2.43. The Kier molecular flexibility index (Phi) is 30.8. The van der Waals surface area contributed by atoms with Crippen LogP contribution in [-0.2, 0) is 43.8 Å². The Balaban J connectivity index is 0.000000135. The number of piperidine rings is 1. The van der Waals surface area contributed by atoms with Gasteiger partial charge >= 0.3 is 0 Å². The van der Waals surface area contributed by atoms with E-state index in [1.807, 2.05) is 138 Å². The van der Waals surface area contributed by atoms with Gasteiger partial charge in [-0.15, -0.1) is 44.6 Å². The minimum Gasteiger partial charge on any atom is -0.496 e. The second-order valence-corrected chi connectivity index (χ2v) is 35.7. The lowest BCUT2D eigenvalue weighted by atomic mass is 9.73. The van der Waals surface area contributed by atoms with Crippen LogP contribution in [0.5, 0.6) is 11.6 Å². The fraction of sp³-hybridized carbons (Fsp3) is 0.357. The van der Waals surface area contributed by atoms with Gasteiger partial charge in [-0.3, -0.25) is 28.7 Å². The second-order valence-electron chi connectivity index (χ2n) is 28.3. The third-order valence-corrected chi connectivity index (χ3v) is 27.4. The lowest BCUT2D eigenvalue weighted by Crippen LogP contribution is -2.44. The van der Waals surface area contributed by atoms with Crippen molar-refractivity contribution in [2.45, 2.75) is 108 Å². The Labute approximate surface area is 700 Å². The number of aromatic nitrogens is 9. The molecule has 1 atom stereocenters. The van der Waals surface area contributed by atoms with Crippen molar-refractivity contribution >= 4 is 103 Å². The average Bonchev–Trinajstić information content (AvgIpc) is 1.76. The highest BCUT2D eigenvalue weighted by molar-refractivity contribution is 8.00. The number of hydrogen-bond acceptors (Lipinski definition) is 24. The third kappa shape index (κ3) is 24.0. The maximum Gasteiger partial charge on any atom is 0.277 e. The number of aryl methyl sites for hydroxylation is 4. The highest BCUT2D eigenvalue weighted by atomic mass is 35.5. The van der Waals surface area contributed by atoms with Crippen LogP contribution in [0.4, 0.5) is 5.69 Å². The number of carbonyl (C=O) groups is 4. The fourth-order valence-corrected chi connectivity index (χ4v) is 19.5. The SMILES string of the molecule is COc1ccccc1C1(CNC(=O)c2cn(C)nn2)CCOCC1.Cc1ccc(OC2CCN(S(=O)(=O)c3cccs3)CC2)nn1.Cc1oncc1C(=O)NCC1(Sc2ccccc2)CCOCC1.Cn1nc(-c2ccccc2NC(=O)c2cc(C3CC3)on2)ccc1=O.O=C(/C=C/c1cccs1)N1CCSC(c2ccccc2Cl)CC1. The average molecular weight is 1700 g/mol. The van der Waals surface area contributed by atoms with Crippen LogP contribution in [0.3, 0.4) is 0 Å². The van der Waals surface area contributed by atoms with E-state index in [0.29, 0.717) is 102 Å². The van der Waals surface area contributed by atoms with Crippen LogP contribution in [-0.4, -0.2) is 176 Å². The van der Waals surface area contributed by atoms with Crippen LogP contribution in [0.2, 0.25) is 5.02 Å². The van der Waals surface area contributed by atoms with Gasteiger partial charge in [-0.1, -0.05) is 112 Å². The molecule has 1 unspecified atom stereocenters. The number of amides is 4. The molecule has 11 heterocycles. The number of para-hydroxylation sites is 2.